The molecular formula is C17H23ClFN3O4S. The molecule has 150 valence electrons. The number of nitrogens with zero attached hydrogens (tertiary/aromatic N) is 2. The topological polar surface area (TPSA) is 71.1 Å². The van der Waals surface area contributed by atoms with Gasteiger partial charge in [-0.05, 0) is 40.9 Å². The smallest absolute Gasteiger partial charge is 0.410 e. The molecule has 1 aliphatic rings. The quantitative estimate of drug-likeness (QED) is 0.738. The van der Waals surface area contributed by atoms with Gasteiger partial charge in [0, 0.05) is 18.2 Å². The highest BCUT2D eigenvalue weighted by Gasteiger charge is 2.35. The second kappa shape index (κ2) is 8.53. The minimum absolute atomic E-state index is 0.118. The largest absolute Gasteiger partial charge is 0.485 e. The molecule has 10 heteroatoms. The van der Waals surface area contributed by atoms with Gasteiger partial charge in [-0.1, -0.05) is 11.6 Å². The summed E-state index contributed by atoms with van der Waals surface area (Å²) in [5, 5.41) is 0.118. The monoisotopic (exact) mass is 419 g/mol. The average Bonchev–Trinajstić information content (AvgIpc) is 2.48. The lowest BCUT2D eigenvalue weighted by Crippen LogP contribution is -2.57. The zero-order valence-electron chi connectivity index (χ0n) is 15.8. The number of hydrogen-bond donors (Lipinski definition) is 1. The number of benzene rings is 1. The first-order valence-electron chi connectivity index (χ1n) is 8.24. The molecule has 1 aromatic carbocycles. The second-order valence-electron chi connectivity index (χ2n) is 7.22. The van der Waals surface area contributed by atoms with Crippen molar-refractivity contribution in [1.82, 2.24) is 13.9 Å². The molecule has 0 spiro atoms. The molecule has 2 amide bonds. The number of halogens is 2. The number of carbonyl (C=O) groups excluding carboxylic acids is 2. The van der Waals surface area contributed by atoms with Crippen LogP contribution < -0.4 is 9.46 Å². The van der Waals surface area contributed by atoms with Gasteiger partial charge in [0.15, 0.2) is 0 Å². The van der Waals surface area contributed by atoms with E-state index in [1.807, 2.05) is 0 Å². The van der Waals surface area contributed by atoms with E-state index < -0.39 is 23.4 Å². The van der Waals surface area contributed by atoms with E-state index in [9.17, 15) is 14.0 Å². The Bertz CT molecular complexity index is 721. The van der Waals surface area contributed by atoms with Crippen LogP contribution in [0.4, 0.5) is 9.18 Å². The molecule has 0 aliphatic carbocycles. The molecule has 0 aromatic heterocycles. The lowest BCUT2D eigenvalue weighted by molar-refractivity contribution is -0.0221. The highest BCUT2D eigenvalue weighted by Crippen LogP contribution is 2.30. The van der Waals surface area contributed by atoms with Crippen LogP contribution in [0.2, 0.25) is 5.02 Å². The molecule has 0 radical (unpaired) electrons. The summed E-state index contributed by atoms with van der Waals surface area (Å²) in [6.07, 6.45) is -0.747. The maximum atomic E-state index is 14.3. The van der Waals surface area contributed by atoms with Crippen LogP contribution in [0.1, 0.15) is 31.1 Å². The van der Waals surface area contributed by atoms with Crippen molar-refractivity contribution in [3.05, 3.63) is 28.5 Å². The summed E-state index contributed by atoms with van der Waals surface area (Å²) in [4.78, 5) is 25.4. The minimum Gasteiger partial charge on any atom is -0.485 e. The van der Waals surface area contributed by atoms with Gasteiger partial charge in [-0.3, -0.25) is 9.52 Å². The number of ether oxygens (including phenoxy) is 2. The summed E-state index contributed by atoms with van der Waals surface area (Å²) in [5.41, 5.74) is -0.748. The van der Waals surface area contributed by atoms with E-state index in [1.54, 1.807) is 39.2 Å². The summed E-state index contributed by atoms with van der Waals surface area (Å²) in [7, 11) is 3.48. The number of nitrogens with one attached hydrogen (secondary N) is 1. The van der Waals surface area contributed by atoms with Crippen LogP contribution in [0.25, 0.3) is 0 Å². The summed E-state index contributed by atoms with van der Waals surface area (Å²) in [5.74, 6) is -1.21. The van der Waals surface area contributed by atoms with Crippen molar-refractivity contribution < 1.29 is 23.5 Å². The first-order chi connectivity index (χ1) is 12.5. The number of rotatable bonds is 5. The third-order valence-electron chi connectivity index (χ3n) is 3.38. The molecule has 1 aromatic rings. The van der Waals surface area contributed by atoms with Crippen molar-refractivity contribution in [2.75, 3.05) is 27.2 Å². The first kappa shape index (κ1) is 21.6. The Labute approximate surface area is 167 Å². The van der Waals surface area contributed by atoms with Gasteiger partial charge in [0.2, 0.25) is 0 Å². The van der Waals surface area contributed by atoms with Crippen LogP contribution in [0.5, 0.6) is 5.75 Å². The van der Waals surface area contributed by atoms with Gasteiger partial charge in [0.1, 0.15) is 23.3 Å². The van der Waals surface area contributed by atoms with Crippen LogP contribution in [-0.4, -0.2) is 60.1 Å². The third-order valence-corrected chi connectivity index (χ3v) is 4.32. The van der Waals surface area contributed by atoms with Gasteiger partial charge >= 0.3 is 6.09 Å². The van der Waals surface area contributed by atoms with Gasteiger partial charge < -0.3 is 14.4 Å². The SMILES string of the molecule is CN(C)SNC(=O)c1cc(Cl)c(OC2CN(C(=O)OC(C)(C)C)C2)cc1F. The van der Waals surface area contributed by atoms with E-state index in [0.717, 1.165) is 18.2 Å². The lowest BCUT2D eigenvalue weighted by Gasteiger charge is -2.39. The van der Waals surface area contributed by atoms with Crippen molar-refractivity contribution in [1.29, 1.82) is 0 Å². The molecule has 1 aliphatic heterocycles. The van der Waals surface area contributed by atoms with Crippen molar-refractivity contribution >= 4 is 35.7 Å². The maximum Gasteiger partial charge on any atom is 0.410 e. The van der Waals surface area contributed by atoms with Gasteiger partial charge in [-0.25, -0.2) is 13.5 Å². The Kier molecular flexibility index (Phi) is 6.82. The van der Waals surface area contributed by atoms with Crippen molar-refractivity contribution in [2.24, 2.45) is 0 Å². The molecule has 1 saturated heterocycles. The fraction of sp³-hybridized carbons (Fsp3) is 0.529. The third kappa shape index (κ3) is 6.15. The Balaban J connectivity index is 1.94. The van der Waals surface area contributed by atoms with E-state index in [1.165, 1.54) is 11.0 Å². The molecule has 7 nitrogen and oxygen atoms in total. The zero-order chi connectivity index (χ0) is 20.4. The van der Waals surface area contributed by atoms with Crippen LogP contribution in [-0.2, 0) is 4.74 Å². The Morgan fingerprint density at radius 1 is 1.33 bits per heavy atom. The standard InChI is InChI=1S/C17H23ClFN3O4S/c1-17(2,3)26-16(24)22-8-10(9-22)25-14-7-13(19)11(6-12(14)18)15(23)20-27-21(4)5/h6-7,10H,8-9H2,1-5H3,(H,20,23). The molecule has 1 N–H and O–H groups in total. The van der Waals surface area contributed by atoms with E-state index >= 15 is 0 Å². The number of carbonyl (C=O) groups is 2. The van der Waals surface area contributed by atoms with Crippen molar-refractivity contribution in [2.45, 2.75) is 32.5 Å². The molecule has 0 atom stereocenters. The fourth-order valence-electron chi connectivity index (χ4n) is 2.15. The lowest BCUT2D eigenvalue weighted by atomic mass is 10.1. The summed E-state index contributed by atoms with van der Waals surface area (Å²) >= 11 is 7.15. The van der Waals surface area contributed by atoms with E-state index in [4.69, 9.17) is 21.1 Å². The first-order valence-corrected chi connectivity index (χ1v) is 9.39. The number of hydrogen-bond acceptors (Lipinski definition) is 6. The minimum atomic E-state index is -0.741. The normalized spacial score (nSPS) is 14.7. The molecular weight excluding hydrogens is 397 g/mol. The van der Waals surface area contributed by atoms with Gasteiger partial charge in [0.25, 0.3) is 5.91 Å². The number of likely N-dealkylation sites (tertiary alicyclic amines) is 1. The molecule has 1 fully saturated rings. The Morgan fingerprint density at radius 2 is 1.96 bits per heavy atom. The molecule has 2 rings (SSSR count). The van der Waals surface area contributed by atoms with Gasteiger partial charge in [0.05, 0.1) is 23.7 Å². The van der Waals surface area contributed by atoms with Crippen LogP contribution in [0.15, 0.2) is 12.1 Å². The van der Waals surface area contributed by atoms with E-state index in [2.05, 4.69) is 4.72 Å². The predicted octanol–water partition coefficient (Wildman–Crippen LogP) is 3.33. The molecule has 1 heterocycles. The fourth-order valence-corrected chi connectivity index (χ4v) is 2.73. The van der Waals surface area contributed by atoms with Crippen LogP contribution in [0.3, 0.4) is 0 Å². The summed E-state index contributed by atoms with van der Waals surface area (Å²) < 4.78 is 29.3. The van der Waals surface area contributed by atoms with Crippen LogP contribution >= 0.6 is 23.7 Å². The van der Waals surface area contributed by atoms with Crippen LogP contribution in [0, 0.1) is 5.82 Å². The van der Waals surface area contributed by atoms with Gasteiger partial charge in [-0.15, -0.1) is 0 Å². The highest BCUT2D eigenvalue weighted by molar-refractivity contribution is 7.95. The summed E-state index contributed by atoms with van der Waals surface area (Å²) in [6, 6.07) is 2.30. The van der Waals surface area contributed by atoms with Crippen molar-refractivity contribution in [3.8, 4) is 5.75 Å². The number of amides is 2. The zero-order valence-corrected chi connectivity index (χ0v) is 17.4. The Morgan fingerprint density at radius 3 is 2.52 bits per heavy atom. The van der Waals surface area contributed by atoms with Gasteiger partial charge in [-0.2, -0.15) is 0 Å². The maximum absolute atomic E-state index is 14.3. The van der Waals surface area contributed by atoms with E-state index in [-0.39, 0.29) is 22.4 Å². The second-order valence-corrected chi connectivity index (χ2v) is 8.75. The summed E-state index contributed by atoms with van der Waals surface area (Å²) in [6.45, 7) is 5.99. The molecule has 27 heavy (non-hydrogen) atoms. The molecule has 0 saturated carbocycles. The average molecular weight is 420 g/mol. The van der Waals surface area contributed by atoms with E-state index in [0.29, 0.717) is 13.1 Å². The Hall–Kier alpha value is -1.71. The molecule has 0 unspecified atom stereocenters. The van der Waals surface area contributed by atoms with Crippen molar-refractivity contribution in [3.63, 3.8) is 0 Å². The molecule has 0 bridgehead atoms. The highest BCUT2D eigenvalue weighted by atomic mass is 35.5. The predicted molar refractivity (Wildman–Crippen MR) is 102 cm³/mol.